The molecule has 2 aromatic rings. The van der Waals surface area contributed by atoms with Crippen LogP contribution in [0.1, 0.15) is 12.0 Å². The Balaban J connectivity index is 1.81. The van der Waals surface area contributed by atoms with E-state index in [0.29, 0.717) is 17.2 Å². The normalized spacial score (nSPS) is 29.4. The van der Waals surface area contributed by atoms with E-state index in [1.54, 1.807) is 24.3 Å². The van der Waals surface area contributed by atoms with E-state index in [9.17, 15) is 9.90 Å². The quantitative estimate of drug-likeness (QED) is 0.650. The first-order valence-electron chi connectivity index (χ1n) is 8.69. The Morgan fingerprint density at radius 2 is 1.85 bits per heavy atom. The number of fused-ring (bicyclic) bond motifs is 2. The number of hydrogen-bond donors (Lipinski definition) is 1. The number of esters is 1. The Labute approximate surface area is 157 Å². The van der Waals surface area contributed by atoms with Gasteiger partial charge in [0.05, 0.1) is 6.10 Å². The SMILES string of the molecule is O=C(Oc1cccc(Cl)c1)[C@]1(c2ccccc2)[C@@H]2C=CC=C[C@@H](C2)[C@H]1O. The van der Waals surface area contributed by atoms with Crippen LogP contribution in [0.4, 0.5) is 0 Å². The number of hydrogen-bond acceptors (Lipinski definition) is 3. The molecule has 0 spiro atoms. The van der Waals surface area contributed by atoms with E-state index < -0.39 is 17.5 Å². The van der Waals surface area contributed by atoms with E-state index in [-0.39, 0.29) is 11.8 Å². The van der Waals surface area contributed by atoms with Gasteiger partial charge in [-0.05, 0) is 30.2 Å². The highest BCUT2D eigenvalue weighted by Crippen LogP contribution is 2.51. The van der Waals surface area contributed by atoms with Gasteiger partial charge in [-0.15, -0.1) is 0 Å². The van der Waals surface area contributed by atoms with Crippen molar-refractivity contribution in [2.24, 2.45) is 11.8 Å². The lowest BCUT2D eigenvalue weighted by molar-refractivity contribution is -0.146. The summed E-state index contributed by atoms with van der Waals surface area (Å²) in [6.07, 6.45) is 7.69. The molecule has 4 heteroatoms. The number of benzene rings is 2. The molecule has 0 unspecified atom stereocenters. The van der Waals surface area contributed by atoms with Gasteiger partial charge in [0, 0.05) is 16.9 Å². The van der Waals surface area contributed by atoms with E-state index in [2.05, 4.69) is 0 Å². The van der Waals surface area contributed by atoms with Gasteiger partial charge in [0.1, 0.15) is 11.2 Å². The summed E-state index contributed by atoms with van der Waals surface area (Å²) in [7, 11) is 0. The molecule has 2 aromatic carbocycles. The Morgan fingerprint density at radius 3 is 2.62 bits per heavy atom. The number of allylic oxidation sites excluding steroid dienone is 3. The molecule has 1 fully saturated rings. The third-order valence-corrected chi connectivity index (χ3v) is 5.63. The van der Waals surface area contributed by atoms with Crippen molar-refractivity contribution < 1.29 is 14.6 Å². The van der Waals surface area contributed by atoms with Crippen LogP contribution in [-0.4, -0.2) is 17.2 Å². The number of aliphatic hydroxyl groups excluding tert-OH is 1. The second kappa shape index (κ2) is 6.75. The number of halogens is 1. The van der Waals surface area contributed by atoms with Crippen LogP contribution in [0.15, 0.2) is 78.9 Å². The molecule has 0 heterocycles. The maximum atomic E-state index is 13.4. The summed E-state index contributed by atoms with van der Waals surface area (Å²) >= 11 is 6.02. The lowest BCUT2D eigenvalue weighted by Gasteiger charge is -2.36. The van der Waals surface area contributed by atoms with Crippen LogP contribution in [0.2, 0.25) is 5.02 Å². The number of ether oxygens (including phenoxy) is 1. The lowest BCUT2D eigenvalue weighted by atomic mass is 9.70. The average molecular weight is 367 g/mol. The van der Waals surface area contributed by atoms with Gasteiger partial charge < -0.3 is 9.84 Å². The van der Waals surface area contributed by atoms with Gasteiger partial charge in [0.25, 0.3) is 0 Å². The fraction of sp³-hybridized carbons (Fsp3) is 0.227. The van der Waals surface area contributed by atoms with Crippen LogP contribution in [0.5, 0.6) is 5.75 Å². The first-order chi connectivity index (χ1) is 12.6. The van der Waals surface area contributed by atoms with E-state index >= 15 is 0 Å². The van der Waals surface area contributed by atoms with E-state index in [1.807, 2.05) is 54.6 Å². The molecular weight excluding hydrogens is 348 g/mol. The molecule has 1 saturated carbocycles. The monoisotopic (exact) mass is 366 g/mol. The summed E-state index contributed by atoms with van der Waals surface area (Å²) < 4.78 is 5.71. The van der Waals surface area contributed by atoms with Crippen molar-refractivity contribution in [3.8, 4) is 5.75 Å². The molecular formula is C22H19ClO3. The number of carbonyl (C=O) groups excluding carboxylic acids is 1. The summed E-state index contributed by atoms with van der Waals surface area (Å²) in [4.78, 5) is 13.4. The lowest BCUT2D eigenvalue weighted by Crippen LogP contribution is -2.50. The third-order valence-electron chi connectivity index (χ3n) is 5.39. The highest BCUT2D eigenvalue weighted by Gasteiger charge is 2.60. The van der Waals surface area contributed by atoms with Crippen LogP contribution >= 0.6 is 11.6 Å². The Bertz CT molecular complexity index is 874. The molecule has 0 aliphatic heterocycles. The molecule has 0 radical (unpaired) electrons. The molecule has 0 aromatic heterocycles. The smallest absolute Gasteiger partial charge is 0.325 e. The minimum absolute atomic E-state index is 0.0953. The number of rotatable bonds is 3. The summed E-state index contributed by atoms with van der Waals surface area (Å²) in [5.74, 6) is -0.316. The highest BCUT2D eigenvalue weighted by atomic mass is 35.5. The first-order valence-corrected chi connectivity index (χ1v) is 9.06. The molecule has 132 valence electrons. The van der Waals surface area contributed by atoms with Crippen molar-refractivity contribution in [2.45, 2.75) is 17.9 Å². The summed E-state index contributed by atoms with van der Waals surface area (Å²) in [6.45, 7) is 0. The van der Waals surface area contributed by atoms with Gasteiger partial charge in [-0.25, -0.2) is 0 Å². The van der Waals surface area contributed by atoms with Crippen LogP contribution in [0, 0.1) is 11.8 Å². The van der Waals surface area contributed by atoms with E-state index in [0.717, 1.165) is 5.56 Å². The van der Waals surface area contributed by atoms with Crippen molar-refractivity contribution in [3.63, 3.8) is 0 Å². The predicted molar refractivity (Wildman–Crippen MR) is 101 cm³/mol. The van der Waals surface area contributed by atoms with Gasteiger partial charge in [-0.3, -0.25) is 4.79 Å². The molecule has 3 nitrogen and oxygen atoms in total. The molecule has 2 aliphatic carbocycles. The number of aliphatic hydroxyl groups is 1. The molecule has 26 heavy (non-hydrogen) atoms. The zero-order valence-corrected chi connectivity index (χ0v) is 14.8. The van der Waals surface area contributed by atoms with Crippen molar-refractivity contribution in [2.75, 3.05) is 0 Å². The third kappa shape index (κ3) is 2.68. The Hall–Kier alpha value is -2.36. The van der Waals surface area contributed by atoms with Crippen LogP contribution in [0.3, 0.4) is 0 Å². The fourth-order valence-electron chi connectivity index (χ4n) is 4.20. The minimum Gasteiger partial charge on any atom is -0.426 e. The summed E-state index contributed by atoms with van der Waals surface area (Å²) in [5, 5.41) is 11.7. The largest absolute Gasteiger partial charge is 0.426 e. The van der Waals surface area contributed by atoms with Crippen molar-refractivity contribution in [1.29, 1.82) is 0 Å². The van der Waals surface area contributed by atoms with Gasteiger partial charge in [0.15, 0.2) is 0 Å². The molecule has 0 saturated heterocycles. The zero-order chi connectivity index (χ0) is 18.1. The second-order valence-electron chi connectivity index (χ2n) is 6.80. The van der Waals surface area contributed by atoms with Gasteiger partial charge >= 0.3 is 5.97 Å². The summed E-state index contributed by atoms with van der Waals surface area (Å²) in [6, 6.07) is 16.2. The molecule has 2 bridgehead atoms. The maximum absolute atomic E-state index is 13.4. The Kier molecular flexibility index (Phi) is 4.43. The van der Waals surface area contributed by atoms with E-state index in [1.165, 1.54) is 0 Å². The first kappa shape index (κ1) is 17.1. The van der Waals surface area contributed by atoms with Crippen LogP contribution in [0.25, 0.3) is 0 Å². The molecule has 1 N–H and O–H groups in total. The zero-order valence-electron chi connectivity index (χ0n) is 14.1. The predicted octanol–water partition coefficient (Wildman–Crippen LogP) is 4.31. The van der Waals surface area contributed by atoms with Crippen molar-refractivity contribution in [1.82, 2.24) is 0 Å². The van der Waals surface area contributed by atoms with Gasteiger partial charge in [0.2, 0.25) is 0 Å². The van der Waals surface area contributed by atoms with Crippen molar-refractivity contribution in [3.05, 3.63) is 89.5 Å². The fourth-order valence-corrected chi connectivity index (χ4v) is 4.38. The second-order valence-corrected chi connectivity index (χ2v) is 7.24. The van der Waals surface area contributed by atoms with Crippen LogP contribution in [-0.2, 0) is 10.2 Å². The maximum Gasteiger partial charge on any atom is 0.325 e. The minimum atomic E-state index is -1.14. The van der Waals surface area contributed by atoms with Crippen LogP contribution < -0.4 is 4.74 Å². The van der Waals surface area contributed by atoms with Crippen molar-refractivity contribution >= 4 is 17.6 Å². The highest BCUT2D eigenvalue weighted by molar-refractivity contribution is 6.30. The summed E-state index contributed by atoms with van der Waals surface area (Å²) in [5.41, 5.74) is -0.373. The topological polar surface area (TPSA) is 46.5 Å². The molecule has 4 rings (SSSR count). The number of carbonyl (C=O) groups is 1. The standard InChI is InChI=1S/C22H19ClO3/c23-18-11-6-12-19(14-18)26-21(25)22(16-8-2-1-3-9-16)17-10-5-4-7-15(13-17)20(22)24/h1-12,14-15,17,20,24H,13H2/t15-,17+,20+,22+/m0/s1. The average Bonchev–Trinajstić information content (AvgIpc) is 2.78. The molecule has 4 atom stereocenters. The van der Waals surface area contributed by atoms with Gasteiger partial charge in [-0.2, -0.15) is 0 Å². The molecule has 2 aliphatic rings. The van der Waals surface area contributed by atoms with E-state index in [4.69, 9.17) is 16.3 Å². The molecule has 0 amide bonds. The van der Waals surface area contributed by atoms with Gasteiger partial charge in [-0.1, -0.05) is 72.3 Å². The Morgan fingerprint density at radius 1 is 1.08 bits per heavy atom.